The predicted octanol–water partition coefficient (Wildman–Crippen LogP) is 0.638. The molecule has 10 heteroatoms. The minimum absolute atomic E-state index is 0.134. The maximum atomic E-state index is 12.2. The van der Waals surface area contributed by atoms with Crippen LogP contribution >= 0.6 is 0 Å². The van der Waals surface area contributed by atoms with Crippen LogP contribution in [0.15, 0.2) is 64.2 Å². The number of hydrogen-bond donors (Lipinski definition) is 0. The number of amidine groups is 2. The van der Waals surface area contributed by atoms with Crippen molar-refractivity contribution in [2.24, 2.45) is 9.98 Å². The molecule has 0 aliphatic carbocycles. The molecule has 24 heavy (non-hydrogen) atoms. The Hall–Kier alpha value is -2.69. The van der Waals surface area contributed by atoms with Crippen molar-refractivity contribution >= 4 is 21.7 Å². The normalized spacial score (nSPS) is 20.4. The summed E-state index contributed by atoms with van der Waals surface area (Å²) in [4.78, 5) is 8.86. The van der Waals surface area contributed by atoms with Gasteiger partial charge in [-0.15, -0.1) is 5.12 Å². The zero-order valence-electron chi connectivity index (χ0n) is 12.9. The van der Waals surface area contributed by atoms with Crippen LogP contribution in [-0.2, 0) is 10.0 Å². The first-order chi connectivity index (χ1) is 11.4. The van der Waals surface area contributed by atoms with E-state index in [0.29, 0.717) is 22.4 Å². The standard InChI is InChI=1S/C14H13N6O3S/c1-17-19(24(2,22)23)9-12-18(21)8-11-14(20(12)17)16-13(15-11)10-6-4-3-5-7-10/h3-9H,1-2H3/q-1. The molecule has 0 saturated carbocycles. The van der Waals surface area contributed by atoms with Crippen LogP contribution in [-0.4, -0.2) is 53.0 Å². The molecule has 0 atom stereocenters. The number of hydroxylamine groups is 2. The lowest BCUT2D eigenvalue weighted by atomic mass is 10.2. The van der Waals surface area contributed by atoms with Gasteiger partial charge in [0.2, 0.25) is 10.0 Å². The molecule has 3 heterocycles. The highest BCUT2D eigenvalue weighted by Crippen LogP contribution is 2.33. The molecule has 3 aliphatic heterocycles. The quantitative estimate of drug-likeness (QED) is 0.780. The Balaban J connectivity index is 1.78. The van der Waals surface area contributed by atoms with Crippen molar-refractivity contribution in [2.75, 3.05) is 13.3 Å². The molecule has 0 N–H and O–H groups in total. The second-order valence-corrected chi connectivity index (χ2v) is 7.24. The Labute approximate surface area is 138 Å². The summed E-state index contributed by atoms with van der Waals surface area (Å²) in [5.74, 6) is 1.01. The van der Waals surface area contributed by atoms with Gasteiger partial charge in [0.05, 0.1) is 12.5 Å². The summed E-state index contributed by atoms with van der Waals surface area (Å²) < 4.78 is 24.7. The lowest BCUT2D eigenvalue weighted by Crippen LogP contribution is -2.50. The van der Waals surface area contributed by atoms with E-state index in [9.17, 15) is 13.6 Å². The molecule has 0 unspecified atom stereocenters. The zero-order valence-corrected chi connectivity index (χ0v) is 13.7. The van der Waals surface area contributed by atoms with E-state index >= 15 is 0 Å². The fourth-order valence-corrected chi connectivity index (χ4v) is 3.45. The van der Waals surface area contributed by atoms with E-state index < -0.39 is 10.0 Å². The fourth-order valence-electron chi connectivity index (χ4n) is 2.66. The largest absolute Gasteiger partial charge is 0.753 e. The summed E-state index contributed by atoms with van der Waals surface area (Å²) in [7, 11) is -2.04. The van der Waals surface area contributed by atoms with Gasteiger partial charge in [0.25, 0.3) is 0 Å². The van der Waals surface area contributed by atoms with Gasteiger partial charge in [-0.1, -0.05) is 30.3 Å². The average Bonchev–Trinajstić information content (AvgIpc) is 3.09. The van der Waals surface area contributed by atoms with Crippen molar-refractivity contribution in [1.29, 1.82) is 0 Å². The Morgan fingerprint density at radius 1 is 1.08 bits per heavy atom. The van der Waals surface area contributed by atoms with E-state index in [1.54, 1.807) is 0 Å². The molecule has 0 fully saturated rings. The van der Waals surface area contributed by atoms with Gasteiger partial charge in [-0.25, -0.2) is 23.4 Å². The van der Waals surface area contributed by atoms with Gasteiger partial charge in [-0.2, -0.15) is 4.41 Å². The highest BCUT2D eigenvalue weighted by molar-refractivity contribution is 7.88. The average molecular weight is 345 g/mol. The smallest absolute Gasteiger partial charge is 0.246 e. The molecule has 0 radical (unpaired) electrons. The number of nitrogens with zero attached hydrogens (tertiary/aromatic N) is 6. The van der Waals surface area contributed by atoms with Crippen LogP contribution in [0.2, 0.25) is 0 Å². The number of rotatable bonds is 2. The van der Waals surface area contributed by atoms with Crippen molar-refractivity contribution in [3.05, 3.63) is 65.0 Å². The van der Waals surface area contributed by atoms with Crippen LogP contribution in [0, 0.1) is 5.21 Å². The van der Waals surface area contributed by atoms with E-state index in [2.05, 4.69) is 9.98 Å². The van der Waals surface area contributed by atoms with Gasteiger partial charge < -0.3 is 10.3 Å². The Kier molecular flexibility index (Phi) is 3.04. The highest BCUT2D eigenvalue weighted by atomic mass is 32.2. The molecule has 124 valence electrons. The minimum Gasteiger partial charge on any atom is -0.753 e. The van der Waals surface area contributed by atoms with E-state index in [1.807, 2.05) is 30.3 Å². The molecule has 0 bridgehead atoms. The Bertz CT molecular complexity index is 935. The highest BCUT2D eigenvalue weighted by Gasteiger charge is 2.41. The number of benzene rings is 1. The summed E-state index contributed by atoms with van der Waals surface area (Å²) in [5.41, 5.74) is 1.19. The monoisotopic (exact) mass is 345 g/mol. The molecule has 9 nitrogen and oxygen atoms in total. The summed E-state index contributed by atoms with van der Waals surface area (Å²) in [6.45, 7) is 0. The number of aliphatic imine (C=N–C) groups is 2. The predicted molar refractivity (Wildman–Crippen MR) is 88.1 cm³/mol. The summed E-state index contributed by atoms with van der Waals surface area (Å²) in [6.07, 6.45) is 3.60. The van der Waals surface area contributed by atoms with E-state index in [1.165, 1.54) is 29.6 Å². The van der Waals surface area contributed by atoms with Gasteiger partial charge in [-0.3, -0.25) is 0 Å². The fraction of sp³-hybridized carbons (Fsp3) is 0.143. The molecule has 1 aromatic carbocycles. The maximum Gasteiger partial charge on any atom is 0.246 e. The van der Waals surface area contributed by atoms with Crippen LogP contribution in [0.5, 0.6) is 0 Å². The van der Waals surface area contributed by atoms with E-state index in [4.69, 9.17) is 0 Å². The van der Waals surface area contributed by atoms with Crippen LogP contribution in [0.1, 0.15) is 5.56 Å². The molecule has 4 rings (SSSR count). The lowest BCUT2D eigenvalue weighted by Gasteiger charge is -2.40. The number of hydrazine groups is 2. The second kappa shape index (κ2) is 4.90. The van der Waals surface area contributed by atoms with Crippen molar-refractivity contribution in [1.82, 2.24) is 19.6 Å². The lowest BCUT2D eigenvalue weighted by molar-refractivity contribution is 0.00511. The summed E-state index contributed by atoms with van der Waals surface area (Å²) in [6, 6.07) is 9.35. The Morgan fingerprint density at radius 2 is 1.79 bits per heavy atom. The van der Waals surface area contributed by atoms with Gasteiger partial charge in [0.1, 0.15) is 11.5 Å². The summed E-state index contributed by atoms with van der Waals surface area (Å²) in [5, 5.41) is 15.5. The van der Waals surface area contributed by atoms with Crippen molar-refractivity contribution in [2.45, 2.75) is 0 Å². The number of sulfonamides is 1. The number of hydrogen-bond acceptors (Lipinski definition) is 8. The SMILES string of the molecule is CN1N2C(=CN1S(C)(=O)=O)N([O-])C=C1N=C(c3ccccc3)N=C12. The van der Waals surface area contributed by atoms with Crippen LogP contribution in [0.4, 0.5) is 0 Å². The van der Waals surface area contributed by atoms with Crippen LogP contribution in [0.3, 0.4) is 0 Å². The van der Waals surface area contributed by atoms with Crippen LogP contribution < -0.4 is 0 Å². The molecule has 0 aromatic heterocycles. The summed E-state index contributed by atoms with van der Waals surface area (Å²) >= 11 is 0. The molecule has 0 amide bonds. The molecule has 3 aliphatic rings. The third-order valence-corrected chi connectivity index (χ3v) is 4.74. The van der Waals surface area contributed by atoms with Gasteiger partial charge in [0.15, 0.2) is 11.7 Å². The Morgan fingerprint density at radius 3 is 2.46 bits per heavy atom. The molecular weight excluding hydrogens is 332 g/mol. The second-order valence-electron chi connectivity index (χ2n) is 5.40. The minimum atomic E-state index is -3.57. The first-order valence-electron chi connectivity index (χ1n) is 7.02. The van der Waals surface area contributed by atoms with Crippen molar-refractivity contribution in [3.63, 3.8) is 0 Å². The molecule has 0 spiro atoms. The van der Waals surface area contributed by atoms with Gasteiger partial charge in [-0.05, 0) is 0 Å². The van der Waals surface area contributed by atoms with Gasteiger partial charge >= 0.3 is 0 Å². The van der Waals surface area contributed by atoms with Crippen LogP contribution in [0.25, 0.3) is 0 Å². The van der Waals surface area contributed by atoms with Crippen molar-refractivity contribution < 1.29 is 8.42 Å². The van der Waals surface area contributed by atoms with E-state index in [-0.39, 0.29) is 5.82 Å². The maximum absolute atomic E-state index is 12.2. The molecular formula is C14H13N6O3S-. The third kappa shape index (κ3) is 2.12. The first kappa shape index (κ1) is 14.9. The van der Waals surface area contributed by atoms with Crippen molar-refractivity contribution in [3.8, 4) is 0 Å². The topological polar surface area (TPSA) is 94.9 Å². The first-order valence-corrected chi connectivity index (χ1v) is 8.87. The molecule has 1 aromatic rings. The molecule has 0 saturated heterocycles. The zero-order chi connectivity index (χ0) is 17.1. The third-order valence-electron chi connectivity index (χ3n) is 3.72. The van der Waals surface area contributed by atoms with Gasteiger partial charge in [0, 0.05) is 18.8 Å². The number of fused-ring (bicyclic) bond motifs is 3. The van der Waals surface area contributed by atoms with E-state index in [0.717, 1.165) is 16.2 Å².